The zero-order chi connectivity index (χ0) is 14.1. The number of aldehydes is 1. The molecule has 1 aromatic carbocycles. The van der Waals surface area contributed by atoms with Crippen molar-refractivity contribution in [1.82, 2.24) is 0 Å². The van der Waals surface area contributed by atoms with E-state index in [1.807, 2.05) is 45.1 Å². The molecule has 0 radical (unpaired) electrons. The minimum atomic E-state index is 0.0443. The Hall–Kier alpha value is -1.81. The SMILES string of the molecule is C/C=C/COc1cc(C)c(OCOCC=O)c(C)c1. The average Bonchev–Trinajstić information content (AvgIpc) is 2.37. The molecule has 0 aliphatic carbocycles. The molecule has 0 N–H and O–H groups in total. The molecule has 0 aliphatic rings. The number of benzene rings is 1. The van der Waals surface area contributed by atoms with Gasteiger partial charge in [-0.15, -0.1) is 0 Å². The van der Waals surface area contributed by atoms with Crippen molar-refractivity contribution in [3.8, 4) is 11.5 Å². The standard InChI is InChI=1S/C15H20O4/c1-4-5-7-18-14-9-12(2)15(13(3)10-14)19-11-17-8-6-16/h4-6,9-10H,7-8,11H2,1-3H3/b5-4+. The van der Waals surface area contributed by atoms with Crippen molar-refractivity contribution < 1.29 is 19.0 Å². The lowest BCUT2D eigenvalue weighted by Crippen LogP contribution is -2.06. The summed E-state index contributed by atoms with van der Waals surface area (Å²) >= 11 is 0. The van der Waals surface area contributed by atoms with Crippen LogP contribution in [0.3, 0.4) is 0 Å². The van der Waals surface area contributed by atoms with E-state index in [9.17, 15) is 4.79 Å². The molecular formula is C15H20O4. The number of rotatable bonds is 8. The Morgan fingerprint density at radius 1 is 1.11 bits per heavy atom. The summed E-state index contributed by atoms with van der Waals surface area (Å²) in [6, 6.07) is 3.84. The molecule has 0 bridgehead atoms. The second-order valence-corrected chi connectivity index (χ2v) is 4.07. The topological polar surface area (TPSA) is 44.8 Å². The van der Waals surface area contributed by atoms with Crippen molar-refractivity contribution in [2.24, 2.45) is 0 Å². The van der Waals surface area contributed by atoms with Crippen molar-refractivity contribution >= 4 is 6.29 Å². The summed E-state index contributed by atoms with van der Waals surface area (Å²) in [5.74, 6) is 1.58. The first kappa shape index (κ1) is 15.2. The largest absolute Gasteiger partial charge is 0.490 e. The summed E-state index contributed by atoms with van der Waals surface area (Å²) in [6.45, 7) is 6.52. The smallest absolute Gasteiger partial charge is 0.189 e. The van der Waals surface area contributed by atoms with E-state index in [0.29, 0.717) is 12.9 Å². The zero-order valence-corrected chi connectivity index (χ0v) is 11.6. The Kier molecular flexibility index (Phi) is 6.68. The highest BCUT2D eigenvalue weighted by molar-refractivity contribution is 5.50. The number of hydrogen-bond donors (Lipinski definition) is 0. The first-order valence-corrected chi connectivity index (χ1v) is 6.18. The highest BCUT2D eigenvalue weighted by atomic mass is 16.7. The summed E-state index contributed by atoms with van der Waals surface area (Å²) in [6.07, 6.45) is 4.59. The molecule has 0 saturated heterocycles. The Bertz CT molecular complexity index is 415. The third kappa shape index (κ3) is 5.14. The molecule has 1 rings (SSSR count). The highest BCUT2D eigenvalue weighted by Gasteiger charge is 2.07. The molecule has 0 atom stereocenters. The fourth-order valence-electron chi connectivity index (χ4n) is 1.66. The predicted molar refractivity (Wildman–Crippen MR) is 73.7 cm³/mol. The van der Waals surface area contributed by atoms with Crippen LogP contribution in [0.25, 0.3) is 0 Å². The molecule has 0 aromatic heterocycles. The minimum absolute atomic E-state index is 0.0443. The molecule has 19 heavy (non-hydrogen) atoms. The Balaban J connectivity index is 2.65. The summed E-state index contributed by atoms with van der Waals surface area (Å²) in [4.78, 5) is 10.1. The highest BCUT2D eigenvalue weighted by Crippen LogP contribution is 2.28. The van der Waals surface area contributed by atoms with Crippen molar-refractivity contribution in [1.29, 1.82) is 0 Å². The molecule has 0 heterocycles. The van der Waals surface area contributed by atoms with Crippen LogP contribution < -0.4 is 9.47 Å². The summed E-state index contributed by atoms with van der Waals surface area (Å²) < 4.78 is 16.1. The molecular weight excluding hydrogens is 244 g/mol. The van der Waals surface area contributed by atoms with Gasteiger partial charge in [-0.1, -0.05) is 12.2 Å². The van der Waals surface area contributed by atoms with E-state index in [1.54, 1.807) is 0 Å². The first-order valence-electron chi connectivity index (χ1n) is 6.18. The van der Waals surface area contributed by atoms with Crippen LogP contribution in [0.5, 0.6) is 11.5 Å². The van der Waals surface area contributed by atoms with Crippen molar-refractivity contribution in [3.63, 3.8) is 0 Å². The Labute approximate surface area is 114 Å². The number of carbonyl (C=O) groups excluding carboxylic acids is 1. The lowest BCUT2D eigenvalue weighted by molar-refractivity contribution is -0.114. The average molecular weight is 264 g/mol. The third-order valence-electron chi connectivity index (χ3n) is 2.49. The van der Waals surface area contributed by atoms with E-state index < -0.39 is 0 Å². The Morgan fingerprint density at radius 2 is 1.79 bits per heavy atom. The van der Waals surface area contributed by atoms with E-state index in [4.69, 9.17) is 14.2 Å². The van der Waals surface area contributed by atoms with Crippen LogP contribution in [0, 0.1) is 13.8 Å². The summed E-state index contributed by atoms with van der Waals surface area (Å²) in [5.41, 5.74) is 1.95. The van der Waals surface area contributed by atoms with E-state index in [0.717, 1.165) is 22.6 Å². The maximum Gasteiger partial charge on any atom is 0.189 e. The van der Waals surface area contributed by atoms with Crippen LogP contribution in [0.2, 0.25) is 0 Å². The van der Waals surface area contributed by atoms with Crippen LogP contribution in [0.1, 0.15) is 18.1 Å². The van der Waals surface area contributed by atoms with Crippen molar-refractivity contribution in [3.05, 3.63) is 35.4 Å². The van der Waals surface area contributed by atoms with E-state index in [2.05, 4.69) is 0 Å². The molecule has 0 unspecified atom stereocenters. The van der Waals surface area contributed by atoms with Gasteiger partial charge in [-0.2, -0.15) is 0 Å². The van der Waals surface area contributed by atoms with Gasteiger partial charge in [0.05, 0.1) is 0 Å². The lowest BCUT2D eigenvalue weighted by Gasteiger charge is -2.13. The fourth-order valence-corrected chi connectivity index (χ4v) is 1.66. The van der Waals surface area contributed by atoms with Gasteiger partial charge in [0, 0.05) is 0 Å². The second kappa shape index (κ2) is 8.32. The molecule has 0 amide bonds. The maximum atomic E-state index is 10.1. The van der Waals surface area contributed by atoms with Gasteiger partial charge >= 0.3 is 0 Å². The van der Waals surface area contributed by atoms with Crippen LogP contribution >= 0.6 is 0 Å². The van der Waals surface area contributed by atoms with Gasteiger partial charge in [0.2, 0.25) is 0 Å². The van der Waals surface area contributed by atoms with Gasteiger partial charge in [0.25, 0.3) is 0 Å². The molecule has 104 valence electrons. The molecule has 1 aromatic rings. The molecule has 4 heteroatoms. The number of aryl methyl sites for hydroxylation is 2. The minimum Gasteiger partial charge on any atom is -0.490 e. The van der Waals surface area contributed by atoms with Crippen molar-refractivity contribution in [2.45, 2.75) is 20.8 Å². The normalized spacial score (nSPS) is 10.7. The van der Waals surface area contributed by atoms with Crippen LogP contribution in [0.15, 0.2) is 24.3 Å². The molecule has 0 aliphatic heterocycles. The fraction of sp³-hybridized carbons (Fsp3) is 0.400. The second-order valence-electron chi connectivity index (χ2n) is 4.07. The number of hydrogen-bond acceptors (Lipinski definition) is 4. The van der Waals surface area contributed by atoms with Crippen LogP contribution in [-0.4, -0.2) is 26.3 Å². The van der Waals surface area contributed by atoms with Gasteiger partial charge in [-0.05, 0) is 44.0 Å². The summed E-state index contributed by atoms with van der Waals surface area (Å²) in [5, 5.41) is 0. The van der Waals surface area contributed by atoms with Gasteiger partial charge in [0.15, 0.2) is 6.79 Å². The van der Waals surface area contributed by atoms with E-state index in [-0.39, 0.29) is 13.4 Å². The number of carbonyl (C=O) groups is 1. The van der Waals surface area contributed by atoms with Gasteiger partial charge < -0.3 is 19.0 Å². The quantitative estimate of drug-likeness (QED) is 0.313. The van der Waals surface area contributed by atoms with E-state index in [1.165, 1.54) is 0 Å². The van der Waals surface area contributed by atoms with Crippen LogP contribution in [0.4, 0.5) is 0 Å². The number of ether oxygens (including phenoxy) is 3. The first-order chi connectivity index (χ1) is 9.19. The number of allylic oxidation sites excluding steroid dienone is 1. The molecule has 0 fully saturated rings. The maximum absolute atomic E-state index is 10.1. The molecule has 0 spiro atoms. The monoisotopic (exact) mass is 264 g/mol. The Morgan fingerprint density at radius 3 is 2.37 bits per heavy atom. The zero-order valence-electron chi connectivity index (χ0n) is 11.6. The van der Waals surface area contributed by atoms with Gasteiger partial charge in [-0.25, -0.2) is 0 Å². The predicted octanol–water partition coefficient (Wildman–Crippen LogP) is 2.81. The molecule has 4 nitrogen and oxygen atoms in total. The lowest BCUT2D eigenvalue weighted by atomic mass is 10.1. The van der Waals surface area contributed by atoms with E-state index >= 15 is 0 Å². The van der Waals surface area contributed by atoms with Crippen molar-refractivity contribution in [2.75, 3.05) is 20.0 Å². The van der Waals surface area contributed by atoms with Gasteiger partial charge in [0.1, 0.15) is 31.0 Å². The van der Waals surface area contributed by atoms with Crippen LogP contribution in [-0.2, 0) is 9.53 Å². The summed E-state index contributed by atoms with van der Waals surface area (Å²) in [7, 11) is 0. The third-order valence-corrected chi connectivity index (χ3v) is 2.49. The molecule has 0 saturated carbocycles. The van der Waals surface area contributed by atoms with Gasteiger partial charge in [-0.3, -0.25) is 0 Å².